The molecule has 20 heavy (non-hydrogen) atoms. The number of hydrogen-bond donors (Lipinski definition) is 0. The van der Waals surface area contributed by atoms with Crippen LogP contribution in [0.25, 0.3) is 10.8 Å². The summed E-state index contributed by atoms with van der Waals surface area (Å²) in [6.07, 6.45) is 0. The summed E-state index contributed by atoms with van der Waals surface area (Å²) in [5.74, 6) is 1.76. The molecule has 0 bridgehead atoms. The third kappa shape index (κ3) is 2.38. The van der Waals surface area contributed by atoms with Gasteiger partial charge < -0.3 is 9.47 Å². The van der Waals surface area contributed by atoms with E-state index >= 15 is 0 Å². The van der Waals surface area contributed by atoms with E-state index in [1.165, 1.54) is 0 Å². The second-order valence-corrected chi connectivity index (χ2v) is 4.48. The van der Waals surface area contributed by atoms with Crippen LogP contribution in [0.3, 0.4) is 0 Å². The van der Waals surface area contributed by atoms with Gasteiger partial charge in [0.05, 0.1) is 7.11 Å². The number of hydrogen-bond acceptors (Lipinski definition) is 4. The maximum absolute atomic E-state index is 6.03. The maximum Gasteiger partial charge on any atom is 0.246 e. The highest BCUT2D eigenvalue weighted by atomic mass is 35.5. The van der Waals surface area contributed by atoms with Gasteiger partial charge in [0.15, 0.2) is 5.15 Å². The van der Waals surface area contributed by atoms with Crippen LogP contribution in [-0.4, -0.2) is 17.3 Å². The first-order chi connectivity index (χ1) is 9.78. The van der Waals surface area contributed by atoms with E-state index in [1.54, 1.807) is 13.2 Å². The number of fused-ring (bicyclic) bond motifs is 1. The molecule has 1 aromatic heterocycles. The van der Waals surface area contributed by atoms with Crippen molar-refractivity contribution in [3.8, 4) is 17.4 Å². The smallest absolute Gasteiger partial charge is 0.246 e. The number of aromatic nitrogens is 2. The van der Waals surface area contributed by atoms with Gasteiger partial charge in [-0.1, -0.05) is 35.9 Å². The summed E-state index contributed by atoms with van der Waals surface area (Å²) in [6, 6.07) is 14.9. The number of methoxy groups -OCH3 is 1. The molecule has 0 radical (unpaired) electrons. The van der Waals surface area contributed by atoms with Crippen molar-refractivity contribution in [3.63, 3.8) is 0 Å². The predicted molar refractivity (Wildman–Crippen MR) is 77.6 cm³/mol. The molecule has 0 aliphatic rings. The SMILES string of the molecule is COc1cccc(Oc2nnc(Cl)c3ccccc23)c1. The highest BCUT2D eigenvalue weighted by molar-refractivity contribution is 6.34. The fourth-order valence-electron chi connectivity index (χ4n) is 1.90. The monoisotopic (exact) mass is 286 g/mol. The van der Waals surface area contributed by atoms with E-state index in [2.05, 4.69) is 10.2 Å². The molecular formula is C15H11ClN2O2. The van der Waals surface area contributed by atoms with Crippen molar-refractivity contribution in [2.75, 3.05) is 7.11 Å². The number of nitrogens with zero attached hydrogens (tertiary/aromatic N) is 2. The molecule has 1 heterocycles. The zero-order chi connectivity index (χ0) is 13.9. The van der Waals surface area contributed by atoms with Crippen LogP contribution in [0.5, 0.6) is 17.4 Å². The molecule has 5 heteroatoms. The van der Waals surface area contributed by atoms with Crippen molar-refractivity contribution < 1.29 is 9.47 Å². The minimum Gasteiger partial charge on any atom is -0.497 e. The Morgan fingerprint density at radius 1 is 0.900 bits per heavy atom. The Bertz CT molecular complexity index is 762. The number of benzene rings is 2. The fourth-order valence-corrected chi connectivity index (χ4v) is 2.10. The number of ether oxygens (including phenoxy) is 2. The molecule has 0 aliphatic heterocycles. The van der Waals surface area contributed by atoms with Gasteiger partial charge >= 0.3 is 0 Å². The van der Waals surface area contributed by atoms with E-state index in [0.29, 0.717) is 22.5 Å². The molecular weight excluding hydrogens is 276 g/mol. The lowest BCUT2D eigenvalue weighted by Gasteiger charge is -2.08. The van der Waals surface area contributed by atoms with Crippen LogP contribution in [0, 0.1) is 0 Å². The summed E-state index contributed by atoms with van der Waals surface area (Å²) in [4.78, 5) is 0. The van der Waals surface area contributed by atoms with Gasteiger partial charge in [0.1, 0.15) is 11.5 Å². The molecule has 0 fully saturated rings. The summed E-state index contributed by atoms with van der Waals surface area (Å²) < 4.78 is 10.9. The summed E-state index contributed by atoms with van der Waals surface area (Å²) in [6.45, 7) is 0. The zero-order valence-corrected chi connectivity index (χ0v) is 11.5. The van der Waals surface area contributed by atoms with E-state index in [9.17, 15) is 0 Å². The molecule has 4 nitrogen and oxygen atoms in total. The van der Waals surface area contributed by atoms with Crippen LogP contribution in [0.2, 0.25) is 5.15 Å². The Morgan fingerprint density at radius 2 is 1.65 bits per heavy atom. The molecule has 0 unspecified atom stereocenters. The second-order valence-electron chi connectivity index (χ2n) is 4.12. The molecule has 3 aromatic rings. The largest absolute Gasteiger partial charge is 0.497 e. The molecule has 0 atom stereocenters. The molecule has 0 saturated heterocycles. The maximum atomic E-state index is 6.03. The second kappa shape index (κ2) is 5.35. The standard InChI is InChI=1S/C15H11ClN2O2/c1-19-10-5-4-6-11(9-10)20-15-13-8-3-2-7-12(13)14(16)17-18-15/h2-9H,1H3. The first-order valence-corrected chi connectivity index (χ1v) is 6.38. The first kappa shape index (κ1) is 12.7. The fraction of sp³-hybridized carbons (Fsp3) is 0.0667. The lowest BCUT2D eigenvalue weighted by Crippen LogP contribution is -1.93. The van der Waals surface area contributed by atoms with Crippen LogP contribution in [-0.2, 0) is 0 Å². The van der Waals surface area contributed by atoms with Gasteiger partial charge in [0.25, 0.3) is 0 Å². The van der Waals surface area contributed by atoms with Crippen molar-refractivity contribution in [2.24, 2.45) is 0 Å². The van der Waals surface area contributed by atoms with Crippen molar-refractivity contribution in [1.82, 2.24) is 10.2 Å². The van der Waals surface area contributed by atoms with Crippen molar-refractivity contribution in [3.05, 3.63) is 53.7 Å². The summed E-state index contributed by atoms with van der Waals surface area (Å²) >= 11 is 6.03. The molecule has 0 N–H and O–H groups in total. The minimum absolute atomic E-state index is 0.360. The minimum atomic E-state index is 0.360. The molecule has 100 valence electrons. The van der Waals surface area contributed by atoms with E-state index in [0.717, 1.165) is 10.8 Å². The van der Waals surface area contributed by atoms with E-state index in [4.69, 9.17) is 21.1 Å². The van der Waals surface area contributed by atoms with Crippen LogP contribution >= 0.6 is 11.6 Å². The third-order valence-corrected chi connectivity index (χ3v) is 3.14. The normalized spacial score (nSPS) is 10.5. The Kier molecular flexibility index (Phi) is 3.39. The number of rotatable bonds is 3. The van der Waals surface area contributed by atoms with E-state index in [-0.39, 0.29) is 0 Å². The quantitative estimate of drug-likeness (QED) is 0.727. The lowest BCUT2D eigenvalue weighted by atomic mass is 10.2. The van der Waals surface area contributed by atoms with Crippen molar-refractivity contribution in [2.45, 2.75) is 0 Å². The van der Waals surface area contributed by atoms with Gasteiger partial charge in [0, 0.05) is 16.8 Å². The summed E-state index contributed by atoms with van der Waals surface area (Å²) in [5, 5.41) is 9.90. The van der Waals surface area contributed by atoms with E-state index in [1.807, 2.05) is 42.5 Å². The van der Waals surface area contributed by atoms with Gasteiger partial charge in [-0.05, 0) is 18.2 Å². The van der Waals surface area contributed by atoms with Gasteiger partial charge in [-0.2, -0.15) is 0 Å². The summed E-state index contributed by atoms with van der Waals surface area (Å²) in [7, 11) is 1.61. The van der Waals surface area contributed by atoms with Gasteiger partial charge in [-0.25, -0.2) is 0 Å². The van der Waals surface area contributed by atoms with Crippen LogP contribution in [0.1, 0.15) is 0 Å². The third-order valence-electron chi connectivity index (χ3n) is 2.86. The topological polar surface area (TPSA) is 44.2 Å². The van der Waals surface area contributed by atoms with Crippen molar-refractivity contribution in [1.29, 1.82) is 0 Å². The molecule has 3 rings (SSSR count). The highest BCUT2D eigenvalue weighted by Gasteiger charge is 2.09. The van der Waals surface area contributed by atoms with Crippen molar-refractivity contribution >= 4 is 22.4 Å². The number of halogens is 1. The van der Waals surface area contributed by atoms with Crippen LogP contribution < -0.4 is 9.47 Å². The van der Waals surface area contributed by atoms with Crippen LogP contribution in [0.4, 0.5) is 0 Å². The average molecular weight is 287 g/mol. The predicted octanol–water partition coefficient (Wildman–Crippen LogP) is 4.08. The van der Waals surface area contributed by atoms with Gasteiger partial charge in [-0.15, -0.1) is 10.2 Å². The Morgan fingerprint density at radius 3 is 2.45 bits per heavy atom. The molecule has 0 saturated carbocycles. The Labute approximate surface area is 120 Å². The lowest BCUT2D eigenvalue weighted by molar-refractivity contribution is 0.407. The highest BCUT2D eigenvalue weighted by Crippen LogP contribution is 2.31. The Balaban J connectivity index is 2.04. The van der Waals surface area contributed by atoms with E-state index < -0.39 is 0 Å². The average Bonchev–Trinajstić information content (AvgIpc) is 2.51. The van der Waals surface area contributed by atoms with Gasteiger partial charge in [0.2, 0.25) is 5.88 Å². The summed E-state index contributed by atoms with van der Waals surface area (Å²) in [5.41, 5.74) is 0. The molecule has 0 spiro atoms. The Hall–Kier alpha value is -2.33. The molecule has 0 amide bonds. The molecule has 0 aliphatic carbocycles. The molecule has 2 aromatic carbocycles. The van der Waals surface area contributed by atoms with Gasteiger partial charge in [-0.3, -0.25) is 0 Å². The van der Waals surface area contributed by atoms with Crippen LogP contribution in [0.15, 0.2) is 48.5 Å². The first-order valence-electron chi connectivity index (χ1n) is 6.01. The zero-order valence-electron chi connectivity index (χ0n) is 10.7.